The number of carbonyl (C=O) groups is 1. The van der Waals surface area contributed by atoms with Crippen LogP contribution in [0.2, 0.25) is 0 Å². The van der Waals surface area contributed by atoms with E-state index in [1.54, 1.807) is 14.2 Å². The number of carbonyl (C=O) groups excluding carboxylic acids is 1. The maximum absolute atomic E-state index is 12.2. The molecule has 0 atom stereocenters. The quantitative estimate of drug-likeness (QED) is 0.819. The van der Waals surface area contributed by atoms with Crippen molar-refractivity contribution in [3.8, 4) is 11.5 Å². The number of nitrogens with one attached hydrogen (secondary N) is 1. The van der Waals surface area contributed by atoms with Crippen LogP contribution in [0.5, 0.6) is 11.5 Å². The van der Waals surface area contributed by atoms with Crippen LogP contribution in [-0.2, 0) is 6.42 Å². The van der Waals surface area contributed by atoms with E-state index in [2.05, 4.69) is 21.2 Å². The number of Topliss-reactive ketones (excluding diaryl/α,β-unsaturated/α-hetero) is 1. The summed E-state index contributed by atoms with van der Waals surface area (Å²) in [5.41, 5.74) is 1.55. The molecule has 100 valence electrons. The second-order valence-electron chi connectivity index (χ2n) is 3.77. The van der Waals surface area contributed by atoms with Crippen molar-refractivity contribution in [2.75, 3.05) is 27.8 Å². The first-order valence-corrected chi connectivity index (χ1v) is 6.51. The van der Waals surface area contributed by atoms with Crippen LogP contribution < -0.4 is 14.8 Å². The first-order valence-electron chi connectivity index (χ1n) is 5.71. The largest absolute Gasteiger partial charge is 0.493 e. The van der Waals surface area contributed by atoms with Gasteiger partial charge in [0, 0.05) is 4.47 Å². The second-order valence-corrected chi connectivity index (χ2v) is 4.56. The first kappa shape index (κ1) is 15.0. The van der Waals surface area contributed by atoms with Crippen molar-refractivity contribution in [1.29, 1.82) is 0 Å². The summed E-state index contributed by atoms with van der Waals surface area (Å²) in [6.07, 6.45) is 0.806. The Hall–Kier alpha value is -1.07. The van der Waals surface area contributed by atoms with Crippen LogP contribution in [0, 0.1) is 0 Å². The van der Waals surface area contributed by atoms with Gasteiger partial charge in [0.05, 0.1) is 26.3 Å². The van der Waals surface area contributed by atoms with E-state index < -0.39 is 0 Å². The Labute approximate surface area is 116 Å². The molecule has 0 aromatic heterocycles. The van der Waals surface area contributed by atoms with E-state index in [1.165, 1.54) is 7.11 Å². The van der Waals surface area contributed by atoms with Crippen LogP contribution in [0.1, 0.15) is 22.8 Å². The van der Waals surface area contributed by atoms with Crippen molar-refractivity contribution < 1.29 is 14.3 Å². The van der Waals surface area contributed by atoms with Gasteiger partial charge in [-0.3, -0.25) is 4.79 Å². The summed E-state index contributed by atoms with van der Waals surface area (Å²) < 4.78 is 11.4. The van der Waals surface area contributed by atoms with Crippen molar-refractivity contribution in [2.24, 2.45) is 0 Å². The minimum atomic E-state index is -0.0326. The van der Waals surface area contributed by atoms with Crippen molar-refractivity contribution in [2.45, 2.75) is 13.3 Å². The number of hydrogen-bond donors (Lipinski definition) is 1. The number of aryl methyl sites for hydroxylation is 1. The highest BCUT2D eigenvalue weighted by Gasteiger charge is 2.22. The van der Waals surface area contributed by atoms with Crippen LogP contribution in [0.15, 0.2) is 10.5 Å². The van der Waals surface area contributed by atoms with Crippen molar-refractivity contribution >= 4 is 21.7 Å². The van der Waals surface area contributed by atoms with Gasteiger partial charge >= 0.3 is 0 Å². The Balaban J connectivity index is 3.47. The molecular formula is C13H18BrNO3. The lowest BCUT2D eigenvalue weighted by Crippen LogP contribution is -2.20. The number of halogens is 1. The highest BCUT2D eigenvalue weighted by Crippen LogP contribution is 2.39. The highest BCUT2D eigenvalue weighted by atomic mass is 79.9. The van der Waals surface area contributed by atoms with Gasteiger partial charge in [-0.15, -0.1) is 0 Å². The lowest BCUT2D eigenvalue weighted by atomic mass is 10.0. The van der Waals surface area contributed by atoms with E-state index in [-0.39, 0.29) is 12.3 Å². The lowest BCUT2D eigenvalue weighted by molar-refractivity contribution is 0.0989. The maximum atomic E-state index is 12.2. The summed E-state index contributed by atoms with van der Waals surface area (Å²) >= 11 is 3.48. The molecule has 1 N–H and O–H groups in total. The molecule has 0 unspecified atom stereocenters. The molecule has 5 heteroatoms. The third kappa shape index (κ3) is 2.84. The van der Waals surface area contributed by atoms with Gasteiger partial charge in [0.1, 0.15) is 0 Å². The molecule has 0 radical (unpaired) electrons. The van der Waals surface area contributed by atoms with Gasteiger partial charge in [-0.1, -0.05) is 6.92 Å². The van der Waals surface area contributed by atoms with E-state index >= 15 is 0 Å². The molecular weight excluding hydrogens is 298 g/mol. The number of rotatable bonds is 6. The number of ketones is 1. The average Bonchev–Trinajstić information content (AvgIpc) is 2.38. The van der Waals surface area contributed by atoms with E-state index in [0.717, 1.165) is 16.5 Å². The molecule has 0 heterocycles. The molecule has 1 aromatic carbocycles. The lowest BCUT2D eigenvalue weighted by Gasteiger charge is -2.16. The fraction of sp³-hybridized carbons (Fsp3) is 0.462. The van der Waals surface area contributed by atoms with Crippen molar-refractivity contribution in [3.63, 3.8) is 0 Å². The smallest absolute Gasteiger partial charge is 0.181 e. The summed E-state index contributed by atoms with van der Waals surface area (Å²) in [6, 6.07) is 1.89. The number of likely N-dealkylation sites (N-methyl/N-ethyl adjacent to an activating group) is 1. The summed E-state index contributed by atoms with van der Waals surface area (Å²) in [5.74, 6) is 1.02. The zero-order chi connectivity index (χ0) is 13.7. The van der Waals surface area contributed by atoms with Gasteiger partial charge in [-0.2, -0.15) is 0 Å². The Morgan fingerprint density at radius 3 is 2.50 bits per heavy atom. The molecule has 1 aromatic rings. The number of benzene rings is 1. The van der Waals surface area contributed by atoms with Crippen molar-refractivity contribution in [3.05, 3.63) is 21.7 Å². The first-order chi connectivity index (χ1) is 8.60. The Morgan fingerprint density at radius 1 is 1.39 bits per heavy atom. The minimum Gasteiger partial charge on any atom is -0.493 e. The Bertz CT molecular complexity index is 446. The van der Waals surface area contributed by atoms with Crippen LogP contribution >= 0.6 is 15.9 Å². The number of hydrogen-bond acceptors (Lipinski definition) is 4. The van der Waals surface area contributed by atoms with E-state index in [9.17, 15) is 4.79 Å². The predicted octanol–water partition coefficient (Wildman–Crippen LogP) is 2.43. The van der Waals surface area contributed by atoms with Crippen LogP contribution in [0.4, 0.5) is 0 Å². The molecule has 18 heavy (non-hydrogen) atoms. The molecule has 0 saturated carbocycles. The van der Waals surface area contributed by atoms with Gasteiger partial charge in [0.15, 0.2) is 17.3 Å². The Kier molecular flexibility index (Phi) is 5.62. The molecule has 0 aliphatic heterocycles. The fourth-order valence-electron chi connectivity index (χ4n) is 1.78. The molecule has 0 aliphatic carbocycles. The molecule has 1 rings (SSSR count). The fourth-order valence-corrected chi connectivity index (χ4v) is 2.58. The third-order valence-electron chi connectivity index (χ3n) is 2.68. The highest BCUT2D eigenvalue weighted by molar-refractivity contribution is 9.10. The number of methoxy groups -OCH3 is 2. The van der Waals surface area contributed by atoms with Gasteiger partial charge in [0.25, 0.3) is 0 Å². The molecule has 0 amide bonds. The average molecular weight is 316 g/mol. The van der Waals surface area contributed by atoms with Gasteiger partial charge < -0.3 is 14.8 Å². The zero-order valence-electron chi connectivity index (χ0n) is 11.1. The van der Waals surface area contributed by atoms with E-state index in [0.29, 0.717) is 17.1 Å². The number of ether oxygens (including phenoxy) is 2. The van der Waals surface area contributed by atoms with Crippen LogP contribution in [0.25, 0.3) is 0 Å². The second kappa shape index (κ2) is 6.75. The molecule has 0 aliphatic rings. The van der Waals surface area contributed by atoms with Crippen molar-refractivity contribution in [1.82, 2.24) is 5.32 Å². The molecule has 0 fully saturated rings. The zero-order valence-corrected chi connectivity index (χ0v) is 12.7. The summed E-state index contributed by atoms with van der Waals surface area (Å²) in [5, 5.41) is 2.85. The van der Waals surface area contributed by atoms with Gasteiger partial charge in [-0.25, -0.2) is 0 Å². The molecule has 0 saturated heterocycles. The monoisotopic (exact) mass is 315 g/mol. The van der Waals surface area contributed by atoms with Gasteiger partial charge in [0.2, 0.25) is 0 Å². The van der Waals surface area contributed by atoms with E-state index in [4.69, 9.17) is 9.47 Å². The maximum Gasteiger partial charge on any atom is 0.181 e. The topological polar surface area (TPSA) is 47.6 Å². The predicted molar refractivity (Wildman–Crippen MR) is 74.9 cm³/mol. The third-order valence-corrected chi connectivity index (χ3v) is 3.58. The SMILES string of the molecule is CCc1cc(OC)c(OC)c(C(=O)CNC)c1Br. The minimum absolute atomic E-state index is 0.0326. The standard InChI is InChI=1S/C13H18BrNO3/c1-5-8-6-10(17-3)13(18-4)11(12(8)14)9(16)7-15-2/h6,15H,5,7H2,1-4H3. The van der Waals surface area contributed by atoms with Crippen LogP contribution in [-0.4, -0.2) is 33.6 Å². The molecule has 4 nitrogen and oxygen atoms in total. The van der Waals surface area contributed by atoms with Crippen LogP contribution in [0.3, 0.4) is 0 Å². The van der Waals surface area contributed by atoms with Gasteiger partial charge in [-0.05, 0) is 41.0 Å². The Morgan fingerprint density at radius 2 is 2.06 bits per heavy atom. The normalized spacial score (nSPS) is 10.3. The molecule has 0 spiro atoms. The summed E-state index contributed by atoms with van der Waals surface area (Å²) in [6.45, 7) is 2.28. The molecule has 0 bridgehead atoms. The van der Waals surface area contributed by atoms with E-state index in [1.807, 2.05) is 13.0 Å². The summed E-state index contributed by atoms with van der Waals surface area (Å²) in [4.78, 5) is 12.2. The summed E-state index contributed by atoms with van der Waals surface area (Å²) in [7, 11) is 4.84.